The van der Waals surface area contributed by atoms with Crippen LogP contribution < -0.4 is 16.4 Å². The van der Waals surface area contributed by atoms with Crippen molar-refractivity contribution in [3.63, 3.8) is 0 Å². The number of amides is 1. The zero-order valence-electron chi connectivity index (χ0n) is 15.7. The number of hydrogen-bond acceptors (Lipinski definition) is 5. The fourth-order valence-corrected chi connectivity index (χ4v) is 3.01. The number of aromatic amines is 1. The predicted octanol–water partition coefficient (Wildman–Crippen LogP) is 0.899. The Kier molecular flexibility index (Phi) is 5.21. The van der Waals surface area contributed by atoms with E-state index in [2.05, 4.69) is 20.4 Å². The number of nitrogens with one attached hydrogen (secondary N) is 2. The minimum Gasteiger partial charge on any atom is -0.350 e. The van der Waals surface area contributed by atoms with E-state index in [4.69, 9.17) is 0 Å². The number of hydrogen-bond donors (Lipinski definition) is 2. The zero-order chi connectivity index (χ0) is 21.1. The van der Waals surface area contributed by atoms with Crippen LogP contribution in [0.2, 0.25) is 0 Å². The molecular formula is C20H17FN6O3. The number of aromatic nitrogens is 5. The molecule has 0 spiro atoms. The first-order valence-corrected chi connectivity index (χ1v) is 9.14. The molecule has 30 heavy (non-hydrogen) atoms. The molecule has 1 aromatic carbocycles. The highest BCUT2D eigenvalue weighted by Crippen LogP contribution is 2.09. The lowest BCUT2D eigenvalue weighted by Crippen LogP contribution is -2.28. The van der Waals surface area contributed by atoms with Crippen molar-refractivity contribution in [2.75, 3.05) is 6.54 Å². The third kappa shape index (κ3) is 3.88. The molecule has 10 heteroatoms. The molecule has 0 fully saturated rings. The molecule has 4 rings (SSSR count). The molecule has 0 aliphatic carbocycles. The van der Waals surface area contributed by atoms with Gasteiger partial charge in [0.25, 0.3) is 11.5 Å². The molecule has 0 bridgehead atoms. The largest absolute Gasteiger partial charge is 0.350 e. The van der Waals surface area contributed by atoms with E-state index in [0.717, 1.165) is 0 Å². The number of H-pyrrole nitrogens is 1. The van der Waals surface area contributed by atoms with Crippen molar-refractivity contribution in [3.05, 3.63) is 92.8 Å². The standard InChI is InChI=1S/C20H17FN6O3/c21-16-4-2-1-3-14(16)11-26-12-24-18-15(20(26)30)10-25-27(18)8-7-22-19(29)13-5-6-17(28)23-9-13/h1-6,9-10,12H,7-8,11H2,(H,22,29)(H,23,28). The molecule has 3 heterocycles. The summed E-state index contributed by atoms with van der Waals surface area (Å²) in [6.45, 7) is 0.603. The molecule has 0 aliphatic rings. The average molecular weight is 408 g/mol. The van der Waals surface area contributed by atoms with Crippen LogP contribution in [0.3, 0.4) is 0 Å². The molecule has 1 amide bonds. The molecule has 0 atom stereocenters. The number of fused-ring (bicyclic) bond motifs is 1. The molecule has 0 saturated carbocycles. The first kappa shape index (κ1) is 19.2. The minimum absolute atomic E-state index is 0.0643. The van der Waals surface area contributed by atoms with Crippen molar-refractivity contribution in [3.8, 4) is 0 Å². The van der Waals surface area contributed by atoms with E-state index in [1.807, 2.05) is 0 Å². The van der Waals surface area contributed by atoms with E-state index in [9.17, 15) is 18.8 Å². The van der Waals surface area contributed by atoms with Crippen LogP contribution in [0.4, 0.5) is 4.39 Å². The summed E-state index contributed by atoms with van der Waals surface area (Å²) in [5.41, 5.74) is 0.475. The lowest BCUT2D eigenvalue weighted by molar-refractivity contribution is 0.0951. The van der Waals surface area contributed by atoms with Crippen LogP contribution >= 0.6 is 0 Å². The fraction of sp³-hybridized carbons (Fsp3) is 0.150. The van der Waals surface area contributed by atoms with Gasteiger partial charge in [-0.25, -0.2) is 14.1 Å². The summed E-state index contributed by atoms with van der Waals surface area (Å²) in [7, 11) is 0. The summed E-state index contributed by atoms with van der Waals surface area (Å²) in [5.74, 6) is -0.735. The first-order chi connectivity index (χ1) is 14.5. The molecule has 0 unspecified atom stereocenters. The van der Waals surface area contributed by atoms with E-state index < -0.39 is 5.82 Å². The monoisotopic (exact) mass is 408 g/mol. The van der Waals surface area contributed by atoms with Gasteiger partial charge in [0.15, 0.2) is 5.65 Å². The van der Waals surface area contributed by atoms with E-state index in [-0.39, 0.29) is 30.1 Å². The fourth-order valence-electron chi connectivity index (χ4n) is 3.01. The summed E-state index contributed by atoms with van der Waals surface area (Å²) in [6.07, 6.45) is 4.10. The minimum atomic E-state index is -0.390. The van der Waals surface area contributed by atoms with Gasteiger partial charge in [0.2, 0.25) is 5.56 Å². The Hall–Kier alpha value is -4.08. The van der Waals surface area contributed by atoms with Crippen molar-refractivity contribution >= 4 is 16.9 Å². The molecule has 0 aliphatic heterocycles. The number of carbonyl (C=O) groups excluding carboxylic acids is 1. The van der Waals surface area contributed by atoms with Crippen LogP contribution in [0.1, 0.15) is 15.9 Å². The maximum absolute atomic E-state index is 13.9. The van der Waals surface area contributed by atoms with Gasteiger partial charge in [-0.15, -0.1) is 0 Å². The molecule has 2 N–H and O–H groups in total. The molecule has 0 saturated heterocycles. The van der Waals surface area contributed by atoms with Gasteiger partial charge in [-0.05, 0) is 12.1 Å². The van der Waals surface area contributed by atoms with Crippen molar-refractivity contribution in [1.82, 2.24) is 29.6 Å². The summed E-state index contributed by atoms with van der Waals surface area (Å²) in [5, 5.41) is 7.19. The Morgan fingerprint density at radius 2 is 2.00 bits per heavy atom. The Bertz CT molecular complexity index is 1320. The van der Waals surface area contributed by atoms with Gasteiger partial charge in [0, 0.05) is 24.4 Å². The van der Waals surface area contributed by atoms with E-state index in [0.29, 0.717) is 28.7 Å². The summed E-state index contributed by atoms with van der Waals surface area (Å²) in [4.78, 5) is 42.6. The topological polar surface area (TPSA) is 115 Å². The Balaban J connectivity index is 1.47. The summed E-state index contributed by atoms with van der Waals surface area (Å²) >= 11 is 0. The molecule has 0 radical (unpaired) electrons. The second kappa shape index (κ2) is 8.11. The van der Waals surface area contributed by atoms with Gasteiger partial charge in [-0.3, -0.25) is 19.0 Å². The third-order valence-electron chi connectivity index (χ3n) is 4.58. The number of rotatable bonds is 6. The van der Waals surface area contributed by atoms with E-state index in [1.54, 1.807) is 18.2 Å². The lowest BCUT2D eigenvalue weighted by Gasteiger charge is -2.08. The quantitative estimate of drug-likeness (QED) is 0.492. The van der Waals surface area contributed by atoms with Crippen molar-refractivity contribution in [2.45, 2.75) is 13.1 Å². The molecule has 3 aromatic heterocycles. The third-order valence-corrected chi connectivity index (χ3v) is 4.58. The number of nitrogens with zero attached hydrogens (tertiary/aromatic N) is 4. The molecule has 9 nitrogen and oxygen atoms in total. The van der Waals surface area contributed by atoms with Gasteiger partial charge < -0.3 is 10.3 Å². The molecular weight excluding hydrogens is 391 g/mol. The van der Waals surface area contributed by atoms with Crippen LogP contribution in [0.25, 0.3) is 11.0 Å². The van der Waals surface area contributed by atoms with Crippen LogP contribution in [0.15, 0.2) is 64.7 Å². The second-order valence-electron chi connectivity index (χ2n) is 6.57. The van der Waals surface area contributed by atoms with Crippen molar-refractivity contribution in [1.29, 1.82) is 0 Å². The zero-order valence-corrected chi connectivity index (χ0v) is 15.7. The number of halogens is 1. The van der Waals surface area contributed by atoms with Crippen molar-refractivity contribution in [2.24, 2.45) is 0 Å². The summed E-state index contributed by atoms with van der Waals surface area (Å²) < 4.78 is 16.7. The maximum atomic E-state index is 13.9. The van der Waals surface area contributed by atoms with Crippen LogP contribution in [0, 0.1) is 5.82 Å². The van der Waals surface area contributed by atoms with Crippen LogP contribution in [-0.4, -0.2) is 36.8 Å². The Labute approximate surface area is 168 Å². The normalized spacial score (nSPS) is 11.0. The Morgan fingerprint density at radius 3 is 2.77 bits per heavy atom. The smallest absolute Gasteiger partial charge is 0.264 e. The first-order valence-electron chi connectivity index (χ1n) is 9.14. The highest BCUT2D eigenvalue weighted by Gasteiger charge is 2.12. The van der Waals surface area contributed by atoms with E-state index in [1.165, 1.54) is 46.2 Å². The lowest BCUT2D eigenvalue weighted by atomic mass is 10.2. The van der Waals surface area contributed by atoms with E-state index >= 15 is 0 Å². The number of pyridine rings is 1. The van der Waals surface area contributed by atoms with Gasteiger partial charge in [-0.1, -0.05) is 18.2 Å². The second-order valence-corrected chi connectivity index (χ2v) is 6.57. The average Bonchev–Trinajstić information content (AvgIpc) is 3.16. The number of carbonyl (C=O) groups is 1. The summed E-state index contributed by atoms with van der Waals surface area (Å²) in [6, 6.07) is 8.94. The van der Waals surface area contributed by atoms with Crippen LogP contribution in [-0.2, 0) is 13.1 Å². The maximum Gasteiger partial charge on any atom is 0.264 e. The SMILES string of the molecule is O=C(NCCn1ncc2c(=O)n(Cc3ccccc3F)cnc21)c1ccc(=O)[nH]c1. The number of benzene rings is 1. The molecule has 4 aromatic rings. The van der Waals surface area contributed by atoms with Gasteiger partial charge >= 0.3 is 0 Å². The highest BCUT2D eigenvalue weighted by molar-refractivity contribution is 5.93. The van der Waals surface area contributed by atoms with Crippen LogP contribution in [0.5, 0.6) is 0 Å². The highest BCUT2D eigenvalue weighted by atomic mass is 19.1. The predicted molar refractivity (Wildman–Crippen MR) is 107 cm³/mol. The molecule has 152 valence electrons. The van der Waals surface area contributed by atoms with Gasteiger partial charge in [-0.2, -0.15) is 5.10 Å². The van der Waals surface area contributed by atoms with Gasteiger partial charge in [0.1, 0.15) is 17.5 Å². The van der Waals surface area contributed by atoms with Gasteiger partial charge in [0.05, 0.1) is 24.8 Å². The van der Waals surface area contributed by atoms with Crippen molar-refractivity contribution < 1.29 is 9.18 Å². The Morgan fingerprint density at radius 1 is 1.17 bits per heavy atom.